The molecule has 0 saturated heterocycles. The third-order valence-electron chi connectivity index (χ3n) is 3.32. The Morgan fingerprint density at radius 2 is 2.19 bits per heavy atom. The largest absolute Gasteiger partial charge is 0.396 e. The summed E-state index contributed by atoms with van der Waals surface area (Å²) in [5, 5.41) is 13.4. The molecule has 0 aromatic heterocycles. The molecule has 1 aromatic rings. The normalized spacial score (nSPS) is 17.4. The van der Waals surface area contributed by atoms with Crippen LogP contribution in [-0.4, -0.2) is 18.3 Å². The van der Waals surface area contributed by atoms with Gasteiger partial charge in [-0.1, -0.05) is 23.7 Å². The molecular weight excluding hydrogens is 222 g/mol. The molecule has 3 heteroatoms. The number of hydrogen-bond acceptors (Lipinski definition) is 2. The highest BCUT2D eigenvalue weighted by Crippen LogP contribution is 2.44. The predicted octanol–water partition coefficient (Wildman–Crippen LogP) is 2.51. The van der Waals surface area contributed by atoms with E-state index in [1.165, 1.54) is 5.56 Å². The van der Waals surface area contributed by atoms with Gasteiger partial charge in [0.1, 0.15) is 0 Å². The number of aliphatic hydroxyl groups excluding tert-OH is 1. The summed E-state index contributed by atoms with van der Waals surface area (Å²) in [5.41, 5.74) is 2.47. The average molecular weight is 240 g/mol. The van der Waals surface area contributed by atoms with Crippen molar-refractivity contribution in [1.82, 2.24) is 5.32 Å². The zero-order valence-corrected chi connectivity index (χ0v) is 10.3. The highest BCUT2D eigenvalue weighted by Gasteiger charge is 2.41. The summed E-state index contributed by atoms with van der Waals surface area (Å²) in [5.74, 6) is 0. The van der Waals surface area contributed by atoms with Gasteiger partial charge < -0.3 is 10.4 Å². The van der Waals surface area contributed by atoms with Crippen molar-refractivity contribution in [2.45, 2.75) is 26.3 Å². The molecule has 1 aliphatic rings. The van der Waals surface area contributed by atoms with E-state index in [0.29, 0.717) is 6.61 Å². The second kappa shape index (κ2) is 4.74. The summed E-state index contributed by atoms with van der Waals surface area (Å²) in [6.07, 6.45) is 2.27. The Morgan fingerprint density at radius 1 is 1.44 bits per heavy atom. The molecule has 0 unspecified atom stereocenters. The number of hydrogen-bond donors (Lipinski definition) is 2. The Labute approximate surface area is 102 Å². The molecule has 0 atom stereocenters. The molecule has 2 nitrogen and oxygen atoms in total. The summed E-state index contributed by atoms with van der Waals surface area (Å²) in [7, 11) is 0. The van der Waals surface area contributed by atoms with Crippen molar-refractivity contribution in [1.29, 1.82) is 0 Å². The Kier molecular flexibility index (Phi) is 3.53. The van der Waals surface area contributed by atoms with Crippen LogP contribution >= 0.6 is 11.6 Å². The minimum Gasteiger partial charge on any atom is -0.396 e. The summed E-state index contributed by atoms with van der Waals surface area (Å²) < 4.78 is 0. The van der Waals surface area contributed by atoms with Crippen molar-refractivity contribution >= 4 is 11.6 Å². The minimum absolute atomic E-state index is 0.164. The zero-order chi connectivity index (χ0) is 11.6. The molecule has 0 amide bonds. The van der Waals surface area contributed by atoms with Crippen LogP contribution < -0.4 is 5.32 Å². The molecule has 1 aromatic carbocycles. The van der Waals surface area contributed by atoms with E-state index < -0.39 is 0 Å². The lowest BCUT2D eigenvalue weighted by Crippen LogP contribution is -2.26. The van der Waals surface area contributed by atoms with Gasteiger partial charge in [-0.15, -0.1) is 0 Å². The van der Waals surface area contributed by atoms with Gasteiger partial charge in [-0.3, -0.25) is 0 Å². The number of benzene rings is 1. The molecule has 2 rings (SSSR count). The maximum Gasteiger partial charge on any atom is 0.0499 e. The van der Waals surface area contributed by atoms with Crippen LogP contribution in [0.5, 0.6) is 0 Å². The van der Waals surface area contributed by atoms with Crippen LogP contribution in [-0.2, 0) is 6.54 Å². The number of aryl methyl sites for hydroxylation is 1. The number of nitrogens with one attached hydrogen (secondary N) is 1. The number of rotatable bonds is 5. The molecule has 0 heterocycles. The van der Waals surface area contributed by atoms with E-state index in [1.807, 2.05) is 13.0 Å². The van der Waals surface area contributed by atoms with Gasteiger partial charge >= 0.3 is 0 Å². The first-order valence-corrected chi connectivity index (χ1v) is 6.10. The lowest BCUT2D eigenvalue weighted by molar-refractivity contribution is 0.207. The van der Waals surface area contributed by atoms with Gasteiger partial charge in [0.2, 0.25) is 0 Å². The van der Waals surface area contributed by atoms with E-state index in [0.717, 1.165) is 36.5 Å². The van der Waals surface area contributed by atoms with Crippen molar-refractivity contribution in [3.8, 4) is 0 Å². The van der Waals surface area contributed by atoms with Gasteiger partial charge in [-0.05, 0) is 37.0 Å². The quantitative estimate of drug-likeness (QED) is 0.828. The Bertz CT molecular complexity index is 374. The predicted molar refractivity (Wildman–Crippen MR) is 66.6 cm³/mol. The molecule has 0 spiro atoms. The van der Waals surface area contributed by atoms with Crippen molar-refractivity contribution < 1.29 is 5.11 Å². The lowest BCUT2D eigenvalue weighted by atomic mass is 10.1. The van der Waals surface area contributed by atoms with E-state index in [2.05, 4.69) is 17.4 Å². The average Bonchev–Trinajstić information content (AvgIpc) is 3.02. The zero-order valence-electron chi connectivity index (χ0n) is 9.59. The maximum absolute atomic E-state index is 9.18. The fourth-order valence-corrected chi connectivity index (χ4v) is 2.13. The summed E-state index contributed by atoms with van der Waals surface area (Å²) in [6, 6.07) is 6.11. The maximum atomic E-state index is 9.18. The second-order valence-electron chi connectivity index (χ2n) is 4.86. The lowest BCUT2D eigenvalue weighted by Gasteiger charge is -2.13. The Hall–Kier alpha value is -0.570. The van der Waals surface area contributed by atoms with Gasteiger partial charge in [-0.2, -0.15) is 0 Å². The second-order valence-corrected chi connectivity index (χ2v) is 5.26. The third kappa shape index (κ3) is 2.76. The van der Waals surface area contributed by atoms with E-state index in [9.17, 15) is 5.11 Å². The first-order chi connectivity index (χ1) is 7.65. The van der Waals surface area contributed by atoms with Crippen molar-refractivity contribution in [3.63, 3.8) is 0 Å². The third-order valence-corrected chi connectivity index (χ3v) is 3.67. The fourth-order valence-electron chi connectivity index (χ4n) is 1.83. The Balaban J connectivity index is 1.85. The summed E-state index contributed by atoms with van der Waals surface area (Å²) in [6.45, 7) is 3.99. The van der Waals surface area contributed by atoms with E-state index in [4.69, 9.17) is 11.6 Å². The van der Waals surface area contributed by atoms with Crippen LogP contribution in [0.15, 0.2) is 18.2 Å². The van der Waals surface area contributed by atoms with E-state index >= 15 is 0 Å². The molecule has 0 bridgehead atoms. The molecule has 2 N–H and O–H groups in total. The molecule has 88 valence electrons. The number of halogens is 1. The van der Waals surface area contributed by atoms with Crippen LogP contribution in [0.1, 0.15) is 24.0 Å². The topological polar surface area (TPSA) is 32.3 Å². The standard InChI is InChI=1S/C13H18ClNO/c1-10-2-3-11(12(14)6-10)7-15-8-13(9-16)4-5-13/h2-3,6,15-16H,4-5,7-9H2,1H3. The van der Waals surface area contributed by atoms with Crippen LogP contribution in [0, 0.1) is 12.3 Å². The SMILES string of the molecule is Cc1ccc(CNCC2(CO)CC2)c(Cl)c1. The van der Waals surface area contributed by atoms with E-state index in [1.54, 1.807) is 0 Å². The minimum atomic E-state index is 0.164. The molecule has 16 heavy (non-hydrogen) atoms. The van der Waals surface area contributed by atoms with Crippen molar-refractivity contribution in [2.75, 3.05) is 13.2 Å². The van der Waals surface area contributed by atoms with Gasteiger partial charge in [0.15, 0.2) is 0 Å². The summed E-state index contributed by atoms with van der Waals surface area (Å²) in [4.78, 5) is 0. The molecular formula is C13H18ClNO. The highest BCUT2D eigenvalue weighted by atomic mass is 35.5. The first-order valence-electron chi connectivity index (χ1n) is 5.72. The first kappa shape index (κ1) is 11.9. The summed E-state index contributed by atoms with van der Waals surface area (Å²) >= 11 is 6.14. The van der Waals surface area contributed by atoms with Gasteiger partial charge in [-0.25, -0.2) is 0 Å². The van der Waals surface area contributed by atoms with Crippen molar-refractivity contribution in [2.24, 2.45) is 5.41 Å². The molecule has 1 fully saturated rings. The smallest absolute Gasteiger partial charge is 0.0499 e. The molecule has 1 saturated carbocycles. The highest BCUT2D eigenvalue weighted by molar-refractivity contribution is 6.31. The van der Waals surface area contributed by atoms with Crippen LogP contribution in [0.4, 0.5) is 0 Å². The van der Waals surface area contributed by atoms with Crippen LogP contribution in [0.2, 0.25) is 5.02 Å². The fraction of sp³-hybridized carbons (Fsp3) is 0.538. The molecule has 0 radical (unpaired) electrons. The Morgan fingerprint density at radius 3 is 2.75 bits per heavy atom. The van der Waals surface area contributed by atoms with Crippen LogP contribution in [0.25, 0.3) is 0 Å². The monoisotopic (exact) mass is 239 g/mol. The number of aliphatic hydroxyl groups is 1. The van der Waals surface area contributed by atoms with E-state index in [-0.39, 0.29) is 5.41 Å². The van der Waals surface area contributed by atoms with Gasteiger partial charge in [0.25, 0.3) is 0 Å². The van der Waals surface area contributed by atoms with Gasteiger partial charge in [0.05, 0.1) is 0 Å². The van der Waals surface area contributed by atoms with Gasteiger partial charge in [0, 0.05) is 30.1 Å². The molecule has 1 aliphatic carbocycles. The van der Waals surface area contributed by atoms with Crippen LogP contribution in [0.3, 0.4) is 0 Å². The van der Waals surface area contributed by atoms with Crippen molar-refractivity contribution in [3.05, 3.63) is 34.3 Å². The molecule has 0 aliphatic heterocycles.